The van der Waals surface area contributed by atoms with Gasteiger partial charge in [-0.15, -0.1) is 0 Å². The van der Waals surface area contributed by atoms with Crippen LogP contribution >= 0.6 is 0 Å². The molecule has 0 nitrogen and oxygen atoms in total. The van der Waals surface area contributed by atoms with Crippen LogP contribution in [0.1, 0.15) is 27.2 Å². The van der Waals surface area contributed by atoms with Crippen molar-refractivity contribution < 1.29 is 0 Å². The standard InChI is InChI=1S/C9H16/c1-8(2)6-5-7-9(3)4/h5-6,9H,1,7H2,2-4H3/b6-5-. The molecule has 0 aliphatic rings. The highest BCUT2D eigenvalue weighted by Gasteiger charge is 1.85. The van der Waals surface area contributed by atoms with Crippen molar-refractivity contribution in [3.05, 3.63) is 24.3 Å². The van der Waals surface area contributed by atoms with E-state index < -0.39 is 0 Å². The molecule has 0 aliphatic carbocycles. The van der Waals surface area contributed by atoms with Crippen molar-refractivity contribution in [2.45, 2.75) is 27.2 Å². The second kappa shape index (κ2) is 4.37. The van der Waals surface area contributed by atoms with Crippen LogP contribution in [0.2, 0.25) is 0 Å². The summed E-state index contributed by atoms with van der Waals surface area (Å²) in [6.45, 7) is 10.2. The molecule has 0 rings (SSSR count). The quantitative estimate of drug-likeness (QED) is 0.507. The lowest BCUT2D eigenvalue weighted by Gasteiger charge is -1.95. The first-order chi connectivity index (χ1) is 4.13. The summed E-state index contributed by atoms with van der Waals surface area (Å²) in [5.41, 5.74) is 1.13. The summed E-state index contributed by atoms with van der Waals surface area (Å²) in [4.78, 5) is 0. The zero-order chi connectivity index (χ0) is 7.28. The molecule has 0 bridgehead atoms. The molecule has 0 amide bonds. The molecule has 52 valence electrons. The highest BCUT2D eigenvalue weighted by Crippen LogP contribution is 2.01. The molecule has 0 heterocycles. The average molecular weight is 124 g/mol. The van der Waals surface area contributed by atoms with E-state index in [4.69, 9.17) is 0 Å². The van der Waals surface area contributed by atoms with Gasteiger partial charge in [0.15, 0.2) is 0 Å². The normalized spacial score (nSPS) is 11.1. The predicted octanol–water partition coefficient (Wildman–Crippen LogP) is 3.16. The predicted molar refractivity (Wildman–Crippen MR) is 43.4 cm³/mol. The summed E-state index contributed by atoms with van der Waals surface area (Å²) < 4.78 is 0. The number of hydrogen-bond acceptors (Lipinski definition) is 0. The Labute approximate surface area is 58.3 Å². The summed E-state index contributed by atoms with van der Waals surface area (Å²) in [5.74, 6) is 0.764. The molecule has 0 radical (unpaired) electrons. The fraction of sp³-hybridized carbons (Fsp3) is 0.556. The van der Waals surface area contributed by atoms with Crippen molar-refractivity contribution in [1.29, 1.82) is 0 Å². The van der Waals surface area contributed by atoms with Crippen molar-refractivity contribution in [2.75, 3.05) is 0 Å². The first-order valence-corrected chi connectivity index (χ1v) is 3.45. The summed E-state index contributed by atoms with van der Waals surface area (Å²) in [6.07, 6.45) is 5.40. The van der Waals surface area contributed by atoms with E-state index in [1.807, 2.05) is 6.92 Å². The first-order valence-electron chi connectivity index (χ1n) is 3.45. The highest BCUT2D eigenvalue weighted by molar-refractivity contribution is 5.10. The molecule has 0 spiro atoms. The van der Waals surface area contributed by atoms with Crippen LogP contribution in [-0.2, 0) is 0 Å². The Morgan fingerprint density at radius 1 is 1.56 bits per heavy atom. The van der Waals surface area contributed by atoms with Crippen LogP contribution < -0.4 is 0 Å². The van der Waals surface area contributed by atoms with Crippen LogP contribution in [0.25, 0.3) is 0 Å². The fourth-order valence-electron chi connectivity index (χ4n) is 0.541. The molecule has 0 saturated carbocycles. The van der Waals surface area contributed by atoms with Gasteiger partial charge in [-0.2, -0.15) is 0 Å². The lowest BCUT2D eigenvalue weighted by atomic mass is 10.1. The van der Waals surface area contributed by atoms with E-state index >= 15 is 0 Å². The van der Waals surface area contributed by atoms with E-state index in [9.17, 15) is 0 Å². The van der Waals surface area contributed by atoms with Gasteiger partial charge >= 0.3 is 0 Å². The zero-order valence-electron chi connectivity index (χ0n) is 6.65. The first kappa shape index (κ1) is 8.48. The van der Waals surface area contributed by atoms with Crippen molar-refractivity contribution in [2.24, 2.45) is 5.92 Å². The Bertz CT molecular complexity index is 107. The Morgan fingerprint density at radius 2 is 2.11 bits per heavy atom. The summed E-state index contributed by atoms with van der Waals surface area (Å²) >= 11 is 0. The van der Waals surface area contributed by atoms with Crippen LogP contribution in [0.4, 0.5) is 0 Å². The lowest BCUT2D eigenvalue weighted by Crippen LogP contribution is -1.80. The third kappa shape index (κ3) is 7.48. The molecular formula is C9H16. The topological polar surface area (TPSA) is 0 Å². The maximum Gasteiger partial charge on any atom is -0.0324 e. The van der Waals surface area contributed by atoms with E-state index in [0.717, 1.165) is 17.9 Å². The van der Waals surface area contributed by atoms with Crippen LogP contribution in [0.3, 0.4) is 0 Å². The Hall–Kier alpha value is -0.520. The lowest BCUT2D eigenvalue weighted by molar-refractivity contribution is 0.663. The number of rotatable bonds is 3. The summed E-state index contributed by atoms with van der Waals surface area (Å²) in [6, 6.07) is 0. The maximum absolute atomic E-state index is 3.77. The minimum atomic E-state index is 0.764. The van der Waals surface area contributed by atoms with E-state index in [0.29, 0.717) is 0 Å². The minimum Gasteiger partial charge on any atom is -0.0961 e. The van der Waals surface area contributed by atoms with E-state index in [-0.39, 0.29) is 0 Å². The summed E-state index contributed by atoms with van der Waals surface area (Å²) in [7, 11) is 0. The molecule has 0 aromatic rings. The molecule has 0 aliphatic heterocycles. The van der Waals surface area contributed by atoms with Crippen molar-refractivity contribution in [1.82, 2.24) is 0 Å². The van der Waals surface area contributed by atoms with Gasteiger partial charge in [0.05, 0.1) is 0 Å². The minimum absolute atomic E-state index is 0.764. The molecule has 9 heavy (non-hydrogen) atoms. The van der Waals surface area contributed by atoms with Gasteiger partial charge in [0, 0.05) is 0 Å². The van der Waals surface area contributed by atoms with Gasteiger partial charge in [-0.1, -0.05) is 38.2 Å². The maximum atomic E-state index is 3.77. The number of hydrogen-bond donors (Lipinski definition) is 0. The van der Waals surface area contributed by atoms with Crippen LogP contribution in [0.5, 0.6) is 0 Å². The molecule has 0 heteroatoms. The Morgan fingerprint density at radius 3 is 2.44 bits per heavy atom. The smallest absolute Gasteiger partial charge is 0.0324 e. The fourth-order valence-corrected chi connectivity index (χ4v) is 0.541. The monoisotopic (exact) mass is 124 g/mol. The molecule has 0 fully saturated rings. The Kier molecular flexibility index (Phi) is 4.12. The van der Waals surface area contributed by atoms with Gasteiger partial charge in [-0.25, -0.2) is 0 Å². The van der Waals surface area contributed by atoms with Gasteiger partial charge in [-0.05, 0) is 19.3 Å². The average Bonchev–Trinajstić information content (AvgIpc) is 1.63. The Balaban J connectivity index is 3.36. The van der Waals surface area contributed by atoms with E-state index in [2.05, 4.69) is 32.6 Å². The zero-order valence-corrected chi connectivity index (χ0v) is 6.65. The SMILES string of the molecule is C=C(C)/C=C\CC(C)C. The highest BCUT2D eigenvalue weighted by atomic mass is 13.9. The molecule has 0 saturated heterocycles. The van der Waals surface area contributed by atoms with Gasteiger partial charge in [-0.3, -0.25) is 0 Å². The van der Waals surface area contributed by atoms with Crippen molar-refractivity contribution in [3.8, 4) is 0 Å². The molecule has 0 atom stereocenters. The molecular weight excluding hydrogens is 108 g/mol. The molecule has 0 unspecified atom stereocenters. The van der Waals surface area contributed by atoms with Crippen molar-refractivity contribution in [3.63, 3.8) is 0 Å². The summed E-state index contributed by atoms with van der Waals surface area (Å²) in [5, 5.41) is 0. The largest absolute Gasteiger partial charge is 0.0961 e. The number of allylic oxidation sites excluding steroid dienone is 3. The van der Waals surface area contributed by atoms with Gasteiger partial charge in [0.1, 0.15) is 0 Å². The van der Waals surface area contributed by atoms with Crippen LogP contribution in [0, 0.1) is 5.92 Å². The van der Waals surface area contributed by atoms with E-state index in [1.165, 1.54) is 0 Å². The van der Waals surface area contributed by atoms with Gasteiger partial charge in [0.2, 0.25) is 0 Å². The van der Waals surface area contributed by atoms with E-state index in [1.54, 1.807) is 0 Å². The van der Waals surface area contributed by atoms with Crippen LogP contribution in [-0.4, -0.2) is 0 Å². The van der Waals surface area contributed by atoms with Crippen LogP contribution in [0.15, 0.2) is 24.3 Å². The van der Waals surface area contributed by atoms with Gasteiger partial charge in [0.25, 0.3) is 0 Å². The molecule has 0 N–H and O–H groups in total. The second-order valence-corrected chi connectivity index (χ2v) is 2.88. The second-order valence-electron chi connectivity index (χ2n) is 2.88. The third-order valence-corrected chi connectivity index (χ3v) is 1.01. The molecule has 0 aromatic heterocycles. The molecule has 0 aromatic carbocycles. The van der Waals surface area contributed by atoms with Crippen molar-refractivity contribution >= 4 is 0 Å². The van der Waals surface area contributed by atoms with Gasteiger partial charge < -0.3 is 0 Å². The third-order valence-electron chi connectivity index (χ3n) is 1.01.